The van der Waals surface area contributed by atoms with Crippen LogP contribution in [-0.2, 0) is 0 Å². The van der Waals surface area contributed by atoms with E-state index in [9.17, 15) is 4.39 Å². The number of anilines is 2. The molecule has 2 unspecified atom stereocenters. The summed E-state index contributed by atoms with van der Waals surface area (Å²) in [6.07, 6.45) is 4.79. The van der Waals surface area contributed by atoms with Gasteiger partial charge in [-0.3, -0.25) is 0 Å². The van der Waals surface area contributed by atoms with Crippen molar-refractivity contribution in [2.75, 3.05) is 11.1 Å². The molecule has 0 aliphatic heterocycles. The molecule has 0 radical (unpaired) electrons. The molecule has 0 saturated heterocycles. The van der Waals surface area contributed by atoms with Crippen LogP contribution in [0.15, 0.2) is 18.2 Å². The van der Waals surface area contributed by atoms with Crippen LogP contribution in [0.25, 0.3) is 0 Å². The van der Waals surface area contributed by atoms with Crippen LogP contribution in [0.3, 0.4) is 0 Å². The lowest BCUT2D eigenvalue weighted by molar-refractivity contribution is 0.358. The van der Waals surface area contributed by atoms with Gasteiger partial charge in [0.25, 0.3) is 0 Å². The van der Waals surface area contributed by atoms with Gasteiger partial charge < -0.3 is 11.1 Å². The van der Waals surface area contributed by atoms with Crippen LogP contribution in [0.4, 0.5) is 15.8 Å². The van der Waals surface area contributed by atoms with Gasteiger partial charge >= 0.3 is 0 Å². The summed E-state index contributed by atoms with van der Waals surface area (Å²) in [4.78, 5) is 0. The number of rotatable bonds is 2. The standard InChI is InChI=1S/C13H19FN2/c1-9-3-2-4-11(7-9)16-13-6-5-10(15)8-12(13)14/h5-6,8-9,11,16H,2-4,7,15H2,1H3. The van der Waals surface area contributed by atoms with E-state index in [2.05, 4.69) is 12.2 Å². The highest BCUT2D eigenvalue weighted by Crippen LogP contribution is 2.27. The Morgan fingerprint density at radius 2 is 2.19 bits per heavy atom. The van der Waals surface area contributed by atoms with E-state index in [4.69, 9.17) is 5.73 Å². The van der Waals surface area contributed by atoms with Crippen LogP contribution in [0.2, 0.25) is 0 Å². The van der Waals surface area contributed by atoms with E-state index < -0.39 is 0 Å². The molecule has 0 spiro atoms. The van der Waals surface area contributed by atoms with Crippen molar-refractivity contribution in [3.05, 3.63) is 24.0 Å². The van der Waals surface area contributed by atoms with Crippen molar-refractivity contribution in [3.8, 4) is 0 Å². The highest BCUT2D eigenvalue weighted by molar-refractivity contribution is 5.53. The molecule has 1 saturated carbocycles. The average Bonchev–Trinajstić information content (AvgIpc) is 2.22. The maximum Gasteiger partial charge on any atom is 0.148 e. The summed E-state index contributed by atoms with van der Waals surface area (Å²) in [6.45, 7) is 2.26. The number of nitrogen functional groups attached to an aromatic ring is 1. The van der Waals surface area contributed by atoms with E-state index in [1.807, 2.05) is 0 Å². The molecule has 1 aromatic carbocycles. The first-order chi connectivity index (χ1) is 7.65. The third-order valence-electron chi connectivity index (χ3n) is 3.29. The minimum absolute atomic E-state index is 0.252. The SMILES string of the molecule is CC1CCCC(Nc2ccc(N)cc2F)C1. The smallest absolute Gasteiger partial charge is 0.148 e. The summed E-state index contributed by atoms with van der Waals surface area (Å²) in [7, 11) is 0. The van der Waals surface area contributed by atoms with Gasteiger partial charge in [0.1, 0.15) is 5.82 Å². The molecule has 0 bridgehead atoms. The van der Waals surface area contributed by atoms with Crippen molar-refractivity contribution >= 4 is 11.4 Å². The largest absolute Gasteiger partial charge is 0.399 e. The maximum atomic E-state index is 13.6. The quantitative estimate of drug-likeness (QED) is 0.753. The van der Waals surface area contributed by atoms with Gasteiger partial charge in [0.15, 0.2) is 0 Å². The minimum atomic E-state index is -0.252. The summed E-state index contributed by atoms with van der Waals surface area (Å²) in [5.74, 6) is 0.487. The van der Waals surface area contributed by atoms with E-state index in [0.717, 1.165) is 18.8 Å². The summed E-state index contributed by atoms with van der Waals surface area (Å²) in [5.41, 5.74) is 6.56. The second-order valence-electron chi connectivity index (χ2n) is 4.85. The molecule has 2 rings (SSSR count). The molecular formula is C13H19FN2. The molecule has 3 N–H and O–H groups in total. The summed E-state index contributed by atoms with van der Waals surface area (Å²) in [5, 5.41) is 3.28. The zero-order valence-electron chi connectivity index (χ0n) is 9.67. The maximum absolute atomic E-state index is 13.6. The van der Waals surface area contributed by atoms with Gasteiger partial charge in [0.05, 0.1) is 5.69 Å². The zero-order chi connectivity index (χ0) is 11.5. The summed E-state index contributed by atoms with van der Waals surface area (Å²) < 4.78 is 13.6. The van der Waals surface area contributed by atoms with Gasteiger partial charge in [0.2, 0.25) is 0 Å². The van der Waals surface area contributed by atoms with Crippen LogP contribution in [0.5, 0.6) is 0 Å². The van der Waals surface area contributed by atoms with Gasteiger partial charge in [-0.2, -0.15) is 0 Å². The number of benzene rings is 1. The van der Waals surface area contributed by atoms with Gasteiger partial charge in [-0.05, 0) is 37.0 Å². The molecule has 0 heterocycles. The first-order valence-corrected chi connectivity index (χ1v) is 5.96. The number of hydrogen-bond acceptors (Lipinski definition) is 2. The Labute approximate surface area is 96.0 Å². The number of halogens is 1. The van der Waals surface area contributed by atoms with Crippen molar-refractivity contribution in [1.82, 2.24) is 0 Å². The predicted molar refractivity (Wildman–Crippen MR) is 65.9 cm³/mol. The van der Waals surface area contributed by atoms with Crippen molar-refractivity contribution in [2.45, 2.75) is 38.6 Å². The Morgan fingerprint density at radius 3 is 2.88 bits per heavy atom. The van der Waals surface area contributed by atoms with E-state index >= 15 is 0 Å². The fourth-order valence-corrected chi connectivity index (χ4v) is 2.43. The lowest BCUT2D eigenvalue weighted by Crippen LogP contribution is -2.26. The Kier molecular flexibility index (Phi) is 3.32. The highest BCUT2D eigenvalue weighted by Gasteiger charge is 2.19. The van der Waals surface area contributed by atoms with Crippen LogP contribution < -0.4 is 11.1 Å². The topological polar surface area (TPSA) is 38.0 Å². The predicted octanol–water partition coefficient (Wildman–Crippen LogP) is 3.40. The zero-order valence-corrected chi connectivity index (χ0v) is 9.67. The normalized spacial score (nSPS) is 25.4. The van der Waals surface area contributed by atoms with Crippen molar-refractivity contribution < 1.29 is 4.39 Å². The van der Waals surface area contributed by atoms with Crippen molar-refractivity contribution in [1.29, 1.82) is 0 Å². The lowest BCUT2D eigenvalue weighted by Gasteiger charge is -2.28. The van der Waals surface area contributed by atoms with Crippen LogP contribution in [0.1, 0.15) is 32.6 Å². The molecule has 3 heteroatoms. The van der Waals surface area contributed by atoms with Gasteiger partial charge in [-0.15, -0.1) is 0 Å². The Balaban J connectivity index is 2.02. The highest BCUT2D eigenvalue weighted by atomic mass is 19.1. The molecule has 16 heavy (non-hydrogen) atoms. The lowest BCUT2D eigenvalue weighted by atomic mass is 9.87. The molecule has 1 aliphatic rings. The van der Waals surface area contributed by atoms with Crippen molar-refractivity contribution in [2.24, 2.45) is 5.92 Å². The summed E-state index contributed by atoms with van der Waals surface area (Å²) >= 11 is 0. The van der Waals surface area contributed by atoms with Gasteiger partial charge in [0, 0.05) is 11.7 Å². The van der Waals surface area contributed by atoms with Gasteiger partial charge in [-0.1, -0.05) is 19.8 Å². The monoisotopic (exact) mass is 222 g/mol. The van der Waals surface area contributed by atoms with Crippen molar-refractivity contribution in [3.63, 3.8) is 0 Å². The second-order valence-corrected chi connectivity index (χ2v) is 4.85. The molecule has 1 fully saturated rings. The second kappa shape index (κ2) is 4.73. The summed E-state index contributed by atoms with van der Waals surface area (Å²) in [6, 6.07) is 5.23. The van der Waals surface area contributed by atoms with E-state index in [1.54, 1.807) is 12.1 Å². The van der Waals surface area contributed by atoms with Crippen LogP contribution in [-0.4, -0.2) is 6.04 Å². The molecule has 0 aromatic heterocycles. The first kappa shape index (κ1) is 11.2. The molecule has 1 aliphatic carbocycles. The average molecular weight is 222 g/mol. The molecule has 1 aromatic rings. The van der Waals surface area contributed by atoms with E-state index in [-0.39, 0.29) is 5.82 Å². The third-order valence-corrected chi connectivity index (χ3v) is 3.29. The molecule has 2 nitrogen and oxygen atoms in total. The number of hydrogen-bond donors (Lipinski definition) is 2. The van der Waals surface area contributed by atoms with Crippen LogP contribution >= 0.6 is 0 Å². The molecule has 88 valence electrons. The van der Waals surface area contributed by atoms with E-state index in [1.165, 1.54) is 18.9 Å². The van der Waals surface area contributed by atoms with Crippen LogP contribution in [0, 0.1) is 11.7 Å². The molecular weight excluding hydrogens is 203 g/mol. The van der Waals surface area contributed by atoms with E-state index in [0.29, 0.717) is 17.4 Å². The Bertz CT molecular complexity index is 365. The first-order valence-electron chi connectivity index (χ1n) is 5.96. The fraction of sp³-hybridized carbons (Fsp3) is 0.538. The molecule has 2 atom stereocenters. The van der Waals surface area contributed by atoms with Gasteiger partial charge in [-0.25, -0.2) is 4.39 Å². The Morgan fingerprint density at radius 1 is 1.38 bits per heavy atom. The minimum Gasteiger partial charge on any atom is -0.399 e. The third kappa shape index (κ3) is 2.65. The Hall–Kier alpha value is -1.25. The number of nitrogens with one attached hydrogen (secondary N) is 1. The number of nitrogens with two attached hydrogens (primary N) is 1. The fourth-order valence-electron chi connectivity index (χ4n) is 2.43. The molecule has 0 amide bonds.